The smallest absolute Gasteiger partial charge is 0.267 e. The molecular weight excluding hydrogens is 318 g/mol. The zero-order valence-electron chi connectivity index (χ0n) is 12.3. The lowest BCUT2D eigenvalue weighted by molar-refractivity contribution is -0.384. The molecule has 1 N–H and O–H groups in total. The van der Waals surface area contributed by atoms with Crippen molar-refractivity contribution in [1.82, 2.24) is 5.43 Å². The van der Waals surface area contributed by atoms with E-state index in [-0.39, 0.29) is 5.69 Å². The van der Waals surface area contributed by atoms with E-state index in [0.717, 1.165) is 5.56 Å². The molecule has 0 aliphatic heterocycles. The molecular formula is C16H14ClN3O3. The fraction of sp³-hybridized carbons (Fsp3) is 0.125. The van der Waals surface area contributed by atoms with Gasteiger partial charge in [0.2, 0.25) is 0 Å². The number of hydrogen-bond donors (Lipinski definition) is 1. The number of hydrogen-bond acceptors (Lipinski definition) is 4. The lowest BCUT2D eigenvalue weighted by Crippen LogP contribution is -2.20. The van der Waals surface area contributed by atoms with Crippen LogP contribution in [0.5, 0.6) is 0 Å². The van der Waals surface area contributed by atoms with E-state index in [1.165, 1.54) is 24.3 Å². The van der Waals surface area contributed by atoms with Gasteiger partial charge >= 0.3 is 0 Å². The molecule has 0 atom stereocenters. The van der Waals surface area contributed by atoms with Gasteiger partial charge in [0.05, 0.1) is 10.6 Å². The Balaban J connectivity index is 2.13. The molecule has 0 aliphatic carbocycles. The normalized spacial score (nSPS) is 11.1. The highest BCUT2D eigenvalue weighted by Crippen LogP contribution is 2.14. The van der Waals surface area contributed by atoms with Gasteiger partial charge in [-0.25, -0.2) is 5.43 Å². The Bertz CT molecular complexity index is 757. The van der Waals surface area contributed by atoms with Crippen LogP contribution in [0.25, 0.3) is 0 Å². The molecule has 0 heterocycles. The number of rotatable bonds is 5. The van der Waals surface area contributed by atoms with Gasteiger partial charge in [-0.3, -0.25) is 14.9 Å². The Morgan fingerprint density at radius 1 is 1.22 bits per heavy atom. The third-order valence-electron chi connectivity index (χ3n) is 3.13. The number of benzene rings is 2. The van der Waals surface area contributed by atoms with Crippen molar-refractivity contribution in [2.45, 2.75) is 13.3 Å². The number of nitrogens with zero attached hydrogens (tertiary/aromatic N) is 2. The summed E-state index contributed by atoms with van der Waals surface area (Å²) in [5, 5.41) is 15.3. The van der Waals surface area contributed by atoms with E-state index in [0.29, 0.717) is 22.7 Å². The molecule has 7 heteroatoms. The van der Waals surface area contributed by atoms with Crippen LogP contribution in [0.3, 0.4) is 0 Å². The minimum atomic E-state index is -0.520. The van der Waals surface area contributed by atoms with Crippen LogP contribution in [0, 0.1) is 10.1 Å². The SMILES string of the molecule is CC/C(=N\NC(=O)c1ccc([N+](=O)[O-])cc1)c1cccc(Cl)c1. The number of non-ortho nitro benzene ring substituents is 1. The van der Waals surface area contributed by atoms with Crippen LogP contribution in [-0.4, -0.2) is 16.5 Å². The van der Waals surface area contributed by atoms with E-state index in [2.05, 4.69) is 10.5 Å². The highest BCUT2D eigenvalue weighted by Gasteiger charge is 2.09. The molecule has 0 unspecified atom stereocenters. The molecule has 1 amide bonds. The standard InChI is InChI=1S/C16H14ClN3O3/c1-2-15(12-4-3-5-13(17)10-12)18-19-16(21)11-6-8-14(9-7-11)20(22)23/h3-10H,2H2,1H3,(H,19,21)/b18-15+. The first kappa shape index (κ1) is 16.6. The van der Waals surface area contributed by atoms with Gasteiger partial charge in [0, 0.05) is 22.7 Å². The van der Waals surface area contributed by atoms with E-state index in [4.69, 9.17) is 11.6 Å². The summed E-state index contributed by atoms with van der Waals surface area (Å²) in [5.74, 6) is -0.437. The molecule has 6 nitrogen and oxygen atoms in total. The van der Waals surface area contributed by atoms with E-state index >= 15 is 0 Å². The zero-order chi connectivity index (χ0) is 16.8. The monoisotopic (exact) mass is 331 g/mol. The van der Waals surface area contributed by atoms with Gasteiger partial charge in [-0.05, 0) is 36.2 Å². The van der Waals surface area contributed by atoms with Crippen molar-refractivity contribution in [3.63, 3.8) is 0 Å². The van der Waals surface area contributed by atoms with Crippen LogP contribution in [-0.2, 0) is 0 Å². The van der Waals surface area contributed by atoms with Crippen molar-refractivity contribution in [2.75, 3.05) is 0 Å². The molecule has 0 bridgehead atoms. The third-order valence-corrected chi connectivity index (χ3v) is 3.36. The molecule has 2 rings (SSSR count). The number of carbonyl (C=O) groups is 1. The molecule has 0 saturated carbocycles. The van der Waals surface area contributed by atoms with Crippen molar-refractivity contribution in [3.05, 3.63) is 74.8 Å². The van der Waals surface area contributed by atoms with Crippen molar-refractivity contribution in [2.24, 2.45) is 5.10 Å². The maximum Gasteiger partial charge on any atom is 0.271 e. The molecule has 0 aromatic heterocycles. The van der Waals surface area contributed by atoms with Gasteiger partial charge in [-0.2, -0.15) is 5.10 Å². The Kier molecular flexibility index (Phi) is 5.43. The van der Waals surface area contributed by atoms with Crippen molar-refractivity contribution in [3.8, 4) is 0 Å². The molecule has 0 fully saturated rings. The molecule has 0 radical (unpaired) electrons. The predicted octanol–water partition coefficient (Wildman–Crippen LogP) is 3.79. The average molecular weight is 332 g/mol. The second kappa shape index (κ2) is 7.51. The van der Waals surface area contributed by atoms with Gasteiger partial charge in [0.1, 0.15) is 0 Å². The molecule has 2 aromatic rings. The molecule has 118 valence electrons. The van der Waals surface area contributed by atoms with Gasteiger partial charge in [0.15, 0.2) is 0 Å². The van der Waals surface area contributed by atoms with E-state index in [9.17, 15) is 14.9 Å². The molecule has 2 aromatic carbocycles. The zero-order valence-corrected chi connectivity index (χ0v) is 13.1. The summed E-state index contributed by atoms with van der Waals surface area (Å²) in [5.41, 5.74) is 4.18. The lowest BCUT2D eigenvalue weighted by Gasteiger charge is -2.06. The van der Waals surface area contributed by atoms with Crippen LogP contribution in [0.1, 0.15) is 29.3 Å². The van der Waals surface area contributed by atoms with Gasteiger partial charge in [-0.1, -0.05) is 30.7 Å². The fourth-order valence-corrected chi connectivity index (χ4v) is 2.12. The number of nitro groups is 1. The second-order valence-electron chi connectivity index (χ2n) is 4.67. The van der Waals surface area contributed by atoms with Gasteiger partial charge in [0.25, 0.3) is 11.6 Å². The van der Waals surface area contributed by atoms with Crippen molar-refractivity contribution < 1.29 is 9.72 Å². The van der Waals surface area contributed by atoms with Crippen LogP contribution in [0.4, 0.5) is 5.69 Å². The number of carbonyl (C=O) groups excluding carboxylic acids is 1. The first-order valence-electron chi connectivity index (χ1n) is 6.88. The largest absolute Gasteiger partial charge is 0.271 e. The van der Waals surface area contributed by atoms with E-state index in [1.54, 1.807) is 18.2 Å². The molecule has 0 aliphatic rings. The Hall–Kier alpha value is -2.73. The van der Waals surface area contributed by atoms with E-state index < -0.39 is 10.8 Å². The second-order valence-corrected chi connectivity index (χ2v) is 5.10. The summed E-state index contributed by atoms with van der Waals surface area (Å²) in [7, 11) is 0. The summed E-state index contributed by atoms with van der Waals surface area (Å²) >= 11 is 5.95. The maximum atomic E-state index is 12.0. The van der Waals surface area contributed by atoms with Crippen LogP contribution in [0.15, 0.2) is 53.6 Å². The minimum absolute atomic E-state index is 0.0711. The van der Waals surface area contributed by atoms with Gasteiger partial charge in [-0.15, -0.1) is 0 Å². The highest BCUT2D eigenvalue weighted by atomic mass is 35.5. The fourth-order valence-electron chi connectivity index (χ4n) is 1.93. The van der Waals surface area contributed by atoms with Gasteiger partial charge < -0.3 is 0 Å². The number of halogens is 1. The van der Waals surface area contributed by atoms with E-state index in [1.807, 2.05) is 13.0 Å². The topological polar surface area (TPSA) is 84.6 Å². The average Bonchev–Trinajstić information content (AvgIpc) is 2.55. The summed E-state index contributed by atoms with van der Waals surface area (Å²) in [4.78, 5) is 22.1. The summed E-state index contributed by atoms with van der Waals surface area (Å²) in [6, 6.07) is 12.5. The molecule has 0 spiro atoms. The number of hydrazone groups is 1. The summed E-state index contributed by atoms with van der Waals surface area (Å²) in [6.07, 6.45) is 0.612. The first-order chi connectivity index (χ1) is 11.0. The van der Waals surface area contributed by atoms with Crippen molar-refractivity contribution in [1.29, 1.82) is 0 Å². The highest BCUT2D eigenvalue weighted by molar-refractivity contribution is 6.31. The van der Waals surface area contributed by atoms with Crippen LogP contribution >= 0.6 is 11.6 Å². The number of nitrogens with one attached hydrogen (secondary N) is 1. The summed E-state index contributed by atoms with van der Waals surface area (Å²) < 4.78 is 0. The third kappa shape index (κ3) is 4.37. The lowest BCUT2D eigenvalue weighted by atomic mass is 10.1. The molecule has 0 saturated heterocycles. The Labute approximate surface area is 137 Å². The van der Waals surface area contributed by atoms with Crippen LogP contribution in [0.2, 0.25) is 5.02 Å². The summed E-state index contributed by atoms with van der Waals surface area (Å²) in [6.45, 7) is 1.91. The predicted molar refractivity (Wildman–Crippen MR) is 88.8 cm³/mol. The quantitative estimate of drug-likeness (QED) is 0.514. The maximum absolute atomic E-state index is 12.0. The Morgan fingerprint density at radius 2 is 1.91 bits per heavy atom. The van der Waals surface area contributed by atoms with Crippen LogP contribution < -0.4 is 5.43 Å². The number of nitro benzene ring substituents is 1. The first-order valence-corrected chi connectivity index (χ1v) is 7.26. The minimum Gasteiger partial charge on any atom is -0.267 e. The number of amides is 1. The Morgan fingerprint density at radius 3 is 2.48 bits per heavy atom. The molecule has 23 heavy (non-hydrogen) atoms. The van der Waals surface area contributed by atoms with Crippen molar-refractivity contribution >= 4 is 28.9 Å².